The number of benzene rings is 1. The van der Waals surface area contributed by atoms with E-state index in [-0.39, 0.29) is 6.54 Å². The molecule has 0 bridgehead atoms. The van der Waals surface area contributed by atoms with Gasteiger partial charge in [0.15, 0.2) is 0 Å². The molecule has 0 radical (unpaired) electrons. The molecule has 20 heavy (non-hydrogen) atoms. The molecule has 2 amide bonds. The quantitative estimate of drug-likeness (QED) is 0.887. The topological polar surface area (TPSA) is 78.9 Å². The zero-order valence-corrected chi connectivity index (χ0v) is 12.1. The molecule has 110 valence electrons. The van der Waals surface area contributed by atoms with Gasteiger partial charge in [-0.15, -0.1) is 0 Å². The Hall–Kier alpha value is -2.24. The van der Waals surface area contributed by atoms with Gasteiger partial charge < -0.3 is 20.1 Å². The number of carboxylic acid groups (broad SMARTS) is 1. The van der Waals surface area contributed by atoms with E-state index in [0.29, 0.717) is 11.4 Å². The number of carbonyl (C=O) groups is 2. The van der Waals surface area contributed by atoms with Crippen LogP contribution in [0, 0.1) is 0 Å². The molecule has 0 spiro atoms. The van der Waals surface area contributed by atoms with Crippen LogP contribution < -0.4 is 10.1 Å². The van der Waals surface area contributed by atoms with Crippen molar-refractivity contribution in [1.82, 2.24) is 4.90 Å². The fourth-order valence-electron chi connectivity index (χ4n) is 1.64. The normalized spacial score (nSPS) is 10.8. The van der Waals surface area contributed by atoms with E-state index in [1.54, 1.807) is 45.0 Å². The first-order chi connectivity index (χ1) is 9.24. The molecule has 0 aliphatic rings. The molecule has 0 atom stereocenters. The summed E-state index contributed by atoms with van der Waals surface area (Å²) in [4.78, 5) is 24.3. The van der Waals surface area contributed by atoms with Crippen LogP contribution in [0.15, 0.2) is 24.3 Å². The third-order valence-electron chi connectivity index (χ3n) is 2.67. The molecular weight excluding hydrogens is 260 g/mol. The Morgan fingerprint density at radius 1 is 1.35 bits per heavy atom. The predicted molar refractivity (Wildman–Crippen MR) is 76.1 cm³/mol. The SMILES string of the molecule is COc1cccc(NC(=O)N(CC(=O)O)C(C)(C)C)c1. The number of carbonyl (C=O) groups excluding carboxylic acids is 1. The standard InChI is InChI=1S/C14H20N2O4/c1-14(2,3)16(9-12(17)18)13(19)15-10-6-5-7-11(8-10)20-4/h5-8H,9H2,1-4H3,(H,15,19)(H,17,18). The maximum absolute atomic E-state index is 12.2. The number of rotatable bonds is 4. The van der Waals surface area contributed by atoms with E-state index in [4.69, 9.17) is 9.84 Å². The van der Waals surface area contributed by atoms with E-state index in [9.17, 15) is 9.59 Å². The van der Waals surface area contributed by atoms with E-state index < -0.39 is 17.5 Å². The zero-order chi connectivity index (χ0) is 15.3. The number of nitrogens with zero attached hydrogens (tertiary/aromatic N) is 1. The Labute approximate surface area is 118 Å². The van der Waals surface area contributed by atoms with Gasteiger partial charge in [0.2, 0.25) is 0 Å². The third kappa shape index (κ3) is 4.46. The maximum atomic E-state index is 12.2. The van der Waals surface area contributed by atoms with E-state index in [1.807, 2.05) is 0 Å². The van der Waals surface area contributed by atoms with Crippen LogP contribution in [0.3, 0.4) is 0 Å². The van der Waals surface area contributed by atoms with Gasteiger partial charge in [0.25, 0.3) is 0 Å². The van der Waals surface area contributed by atoms with Crippen LogP contribution >= 0.6 is 0 Å². The molecule has 0 heterocycles. The van der Waals surface area contributed by atoms with Gasteiger partial charge in [-0.25, -0.2) is 4.79 Å². The van der Waals surface area contributed by atoms with Crippen molar-refractivity contribution < 1.29 is 19.4 Å². The number of amides is 2. The van der Waals surface area contributed by atoms with Gasteiger partial charge in [-0.05, 0) is 32.9 Å². The molecule has 0 aliphatic heterocycles. The molecule has 0 saturated heterocycles. The summed E-state index contributed by atoms with van der Waals surface area (Å²) in [5, 5.41) is 11.6. The van der Waals surface area contributed by atoms with E-state index in [0.717, 1.165) is 0 Å². The Bertz CT molecular complexity index is 494. The second kappa shape index (κ2) is 6.27. The van der Waals surface area contributed by atoms with Crippen LogP contribution in [0.25, 0.3) is 0 Å². The van der Waals surface area contributed by atoms with Gasteiger partial charge in [-0.2, -0.15) is 0 Å². The number of nitrogens with one attached hydrogen (secondary N) is 1. The minimum Gasteiger partial charge on any atom is -0.497 e. The van der Waals surface area contributed by atoms with Gasteiger partial charge in [0, 0.05) is 17.3 Å². The van der Waals surface area contributed by atoms with Crippen molar-refractivity contribution in [1.29, 1.82) is 0 Å². The summed E-state index contributed by atoms with van der Waals surface area (Å²) < 4.78 is 5.07. The number of methoxy groups -OCH3 is 1. The molecular formula is C14H20N2O4. The smallest absolute Gasteiger partial charge is 0.323 e. The van der Waals surface area contributed by atoms with Crippen molar-refractivity contribution in [2.24, 2.45) is 0 Å². The zero-order valence-electron chi connectivity index (χ0n) is 12.1. The van der Waals surface area contributed by atoms with Crippen molar-refractivity contribution in [3.63, 3.8) is 0 Å². The summed E-state index contributed by atoms with van der Waals surface area (Å²) in [7, 11) is 1.53. The van der Waals surface area contributed by atoms with Gasteiger partial charge in [-0.3, -0.25) is 4.79 Å². The van der Waals surface area contributed by atoms with Gasteiger partial charge >= 0.3 is 12.0 Å². The number of aliphatic carboxylic acids is 1. The monoisotopic (exact) mass is 280 g/mol. The lowest BCUT2D eigenvalue weighted by molar-refractivity contribution is -0.138. The number of hydrogen-bond donors (Lipinski definition) is 2. The van der Waals surface area contributed by atoms with Gasteiger partial charge in [0.1, 0.15) is 12.3 Å². The third-order valence-corrected chi connectivity index (χ3v) is 2.67. The maximum Gasteiger partial charge on any atom is 0.323 e. The molecule has 1 aromatic carbocycles. The molecule has 1 rings (SSSR count). The Morgan fingerprint density at radius 3 is 2.50 bits per heavy atom. The predicted octanol–water partition coefficient (Wildman–Crippen LogP) is 2.41. The van der Waals surface area contributed by atoms with Gasteiger partial charge in [0.05, 0.1) is 7.11 Å². The Kier molecular flexibility index (Phi) is 4.96. The van der Waals surface area contributed by atoms with Crippen LogP contribution in [0.1, 0.15) is 20.8 Å². The Balaban J connectivity index is 2.87. The summed E-state index contributed by atoms with van der Waals surface area (Å²) in [6, 6.07) is 6.41. The molecule has 0 aromatic heterocycles. The van der Waals surface area contributed by atoms with Crippen LogP contribution in [-0.4, -0.2) is 41.2 Å². The first-order valence-corrected chi connectivity index (χ1v) is 6.18. The molecule has 0 aliphatic carbocycles. The summed E-state index contributed by atoms with van der Waals surface area (Å²) in [6.45, 7) is 4.97. The molecule has 0 saturated carbocycles. The minimum absolute atomic E-state index is 0.362. The average molecular weight is 280 g/mol. The second-order valence-electron chi connectivity index (χ2n) is 5.31. The molecule has 6 nitrogen and oxygen atoms in total. The summed E-state index contributed by atoms with van der Waals surface area (Å²) in [6.07, 6.45) is 0. The number of hydrogen-bond acceptors (Lipinski definition) is 3. The summed E-state index contributed by atoms with van der Waals surface area (Å²) >= 11 is 0. The molecule has 2 N–H and O–H groups in total. The lowest BCUT2D eigenvalue weighted by atomic mass is 10.1. The second-order valence-corrected chi connectivity index (χ2v) is 5.31. The van der Waals surface area contributed by atoms with Crippen molar-refractivity contribution in [3.05, 3.63) is 24.3 Å². The summed E-state index contributed by atoms with van der Waals surface area (Å²) in [5.74, 6) is -0.441. The first-order valence-electron chi connectivity index (χ1n) is 6.18. The highest BCUT2D eigenvalue weighted by molar-refractivity contribution is 5.92. The average Bonchev–Trinajstić information content (AvgIpc) is 2.34. The number of carboxylic acids is 1. The Morgan fingerprint density at radius 2 is 2.00 bits per heavy atom. The molecule has 6 heteroatoms. The number of urea groups is 1. The lowest BCUT2D eigenvalue weighted by Gasteiger charge is -2.34. The number of anilines is 1. The van der Waals surface area contributed by atoms with Crippen LogP contribution in [0.4, 0.5) is 10.5 Å². The van der Waals surface area contributed by atoms with Crippen molar-refractivity contribution in [2.75, 3.05) is 19.0 Å². The summed E-state index contributed by atoms with van der Waals surface area (Å²) in [5.41, 5.74) is -0.0459. The van der Waals surface area contributed by atoms with Crippen LogP contribution in [0.2, 0.25) is 0 Å². The van der Waals surface area contributed by atoms with Crippen molar-refractivity contribution in [3.8, 4) is 5.75 Å². The lowest BCUT2D eigenvalue weighted by Crippen LogP contribution is -2.50. The molecule has 0 fully saturated rings. The van der Waals surface area contributed by atoms with E-state index >= 15 is 0 Å². The molecule has 0 unspecified atom stereocenters. The van der Waals surface area contributed by atoms with Crippen molar-refractivity contribution in [2.45, 2.75) is 26.3 Å². The van der Waals surface area contributed by atoms with E-state index in [1.165, 1.54) is 12.0 Å². The van der Waals surface area contributed by atoms with Gasteiger partial charge in [-0.1, -0.05) is 6.07 Å². The highest BCUT2D eigenvalue weighted by Crippen LogP contribution is 2.19. The fraction of sp³-hybridized carbons (Fsp3) is 0.429. The van der Waals surface area contributed by atoms with E-state index in [2.05, 4.69) is 5.32 Å². The van der Waals surface area contributed by atoms with Crippen molar-refractivity contribution >= 4 is 17.7 Å². The largest absolute Gasteiger partial charge is 0.497 e. The fourth-order valence-corrected chi connectivity index (χ4v) is 1.64. The first kappa shape index (κ1) is 15.8. The van der Waals surface area contributed by atoms with Crippen LogP contribution in [0.5, 0.6) is 5.75 Å². The molecule has 1 aromatic rings. The highest BCUT2D eigenvalue weighted by Gasteiger charge is 2.28. The highest BCUT2D eigenvalue weighted by atomic mass is 16.5. The number of ether oxygens (including phenoxy) is 1. The van der Waals surface area contributed by atoms with Crippen LogP contribution in [-0.2, 0) is 4.79 Å². The minimum atomic E-state index is -1.05.